The third-order valence-corrected chi connectivity index (χ3v) is 5.95. The van der Waals surface area contributed by atoms with Crippen LogP contribution in [0.3, 0.4) is 0 Å². The summed E-state index contributed by atoms with van der Waals surface area (Å²) in [4.78, 5) is 22.4. The van der Waals surface area contributed by atoms with Gasteiger partial charge in [0.05, 0.1) is 15.1 Å². The summed E-state index contributed by atoms with van der Waals surface area (Å²) in [5, 5.41) is 2.71. The number of likely N-dealkylation sites (N-methyl/N-ethyl adjacent to an activating group) is 1. The molecule has 0 bridgehead atoms. The van der Waals surface area contributed by atoms with Gasteiger partial charge >= 0.3 is 0 Å². The molecule has 0 unspecified atom stereocenters. The van der Waals surface area contributed by atoms with E-state index in [2.05, 4.69) is 30.9 Å². The molecule has 0 saturated carbocycles. The lowest BCUT2D eigenvalue weighted by molar-refractivity contribution is 0.0989. The van der Waals surface area contributed by atoms with Crippen molar-refractivity contribution in [2.45, 2.75) is 13.8 Å². The number of carbonyl (C=O) groups excluding carboxylic acids is 1. The molecule has 1 amide bonds. The number of benzene rings is 1. The quantitative estimate of drug-likeness (QED) is 0.633. The van der Waals surface area contributed by atoms with Crippen molar-refractivity contribution < 1.29 is 4.79 Å². The highest BCUT2D eigenvalue weighted by atomic mass is 35.5. The Morgan fingerprint density at radius 3 is 2.56 bits per heavy atom. The molecule has 0 fully saturated rings. The predicted octanol–water partition coefficient (Wildman–Crippen LogP) is 4.60. The van der Waals surface area contributed by atoms with E-state index in [1.54, 1.807) is 11.3 Å². The molecule has 0 N–H and O–H groups in total. The number of hydrogen-bond acceptors (Lipinski definition) is 5. The summed E-state index contributed by atoms with van der Waals surface area (Å²) in [5.41, 5.74) is 3.42. The molecule has 0 aliphatic rings. The molecule has 0 saturated heterocycles. The summed E-state index contributed by atoms with van der Waals surface area (Å²) < 4.78 is 1.13. The lowest BCUT2D eigenvalue weighted by Crippen LogP contribution is -2.36. The zero-order chi connectivity index (χ0) is 17.3. The molecular formula is C18H22ClN3OS2. The highest BCUT2D eigenvalue weighted by Crippen LogP contribution is 2.32. The van der Waals surface area contributed by atoms with E-state index < -0.39 is 0 Å². The maximum atomic E-state index is 12.9. The minimum atomic E-state index is 0. The first-order valence-corrected chi connectivity index (χ1v) is 9.54. The van der Waals surface area contributed by atoms with E-state index in [1.807, 2.05) is 36.5 Å². The van der Waals surface area contributed by atoms with Crippen molar-refractivity contribution in [2.75, 3.05) is 32.1 Å². The largest absolute Gasteiger partial charge is 0.308 e. The summed E-state index contributed by atoms with van der Waals surface area (Å²) in [6, 6.07) is 8.00. The van der Waals surface area contributed by atoms with Gasteiger partial charge in [0.2, 0.25) is 0 Å². The number of amides is 1. The van der Waals surface area contributed by atoms with Gasteiger partial charge in [0.15, 0.2) is 5.13 Å². The molecule has 0 radical (unpaired) electrons. The minimum absolute atomic E-state index is 0. The number of thiazole rings is 1. The molecule has 7 heteroatoms. The standard InChI is InChI=1S/C18H21N3OS2.ClH/c1-12-7-8-14-16(13(12)2)19-18(24-14)21(10-9-20(3)4)17(22)15-6-5-11-23-15;/h5-8,11H,9-10H2,1-4H3;1H. The number of hydrogen-bond donors (Lipinski definition) is 0. The molecule has 3 aromatic rings. The van der Waals surface area contributed by atoms with Gasteiger partial charge in [-0.25, -0.2) is 4.98 Å². The Balaban J connectivity index is 0.00000225. The second kappa shape index (κ2) is 8.27. The van der Waals surface area contributed by atoms with Crippen LogP contribution in [0.25, 0.3) is 10.2 Å². The third-order valence-electron chi connectivity index (χ3n) is 4.05. The number of carbonyl (C=O) groups is 1. The molecule has 134 valence electrons. The van der Waals surface area contributed by atoms with E-state index in [0.29, 0.717) is 6.54 Å². The molecule has 1 aromatic carbocycles. The Bertz CT molecular complexity index is 859. The van der Waals surface area contributed by atoms with Crippen LogP contribution in [-0.4, -0.2) is 43.0 Å². The van der Waals surface area contributed by atoms with Gasteiger partial charge in [0, 0.05) is 13.1 Å². The summed E-state index contributed by atoms with van der Waals surface area (Å²) >= 11 is 3.06. The molecule has 0 aliphatic heterocycles. The topological polar surface area (TPSA) is 36.4 Å². The molecule has 25 heavy (non-hydrogen) atoms. The van der Waals surface area contributed by atoms with Gasteiger partial charge in [0.25, 0.3) is 5.91 Å². The zero-order valence-electron chi connectivity index (χ0n) is 14.8. The molecule has 2 heterocycles. The fourth-order valence-electron chi connectivity index (χ4n) is 2.45. The summed E-state index contributed by atoms with van der Waals surface area (Å²) in [5.74, 6) is 0.0280. The maximum Gasteiger partial charge on any atom is 0.270 e. The number of nitrogens with zero attached hydrogens (tertiary/aromatic N) is 3. The molecule has 3 rings (SSSR count). The lowest BCUT2D eigenvalue weighted by atomic mass is 10.1. The van der Waals surface area contributed by atoms with E-state index in [9.17, 15) is 4.79 Å². The Morgan fingerprint density at radius 1 is 1.16 bits per heavy atom. The molecule has 0 atom stereocenters. The normalized spacial score (nSPS) is 10.9. The van der Waals surface area contributed by atoms with Crippen LogP contribution in [0.2, 0.25) is 0 Å². The van der Waals surface area contributed by atoms with Crippen LogP contribution in [0.15, 0.2) is 29.6 Å². The van der Waals surface area contributed by atoms with Crippen LogP contribution >= 0.6 is 35.1 Å². The van der Waals surface area contributed by atoms with Crippen LogP contribution in [0.1, 0.15) is 20.8 Å². The van der Waals surface area contributed by atoms with E-state index in [4.69, 9.17) is 4.98 Å². The van der Waals surface area contributed by atoms with Crippen LogP contribution in [0.5, 0.6) is 0 Å². The van der Waals surface area contributed by atoms with Crippen LogP contribution < -0.4 is 4.90 Å². The predicted molar refractivity (Wildman–Crippen MR) is 111 cm³/mol. The van der Waals surface area contributed by atoms with E-state index in [0.717, 1.165) is 26.8 Å². The minimum Gasteiger partial charge on any atom is -0.308 e. The number of anilines is 1. The number of halogens is 1. The van der Waals surface area contributed by atoms with Crippen molar-refractivity contribution in [1.82, 2.24) is 9.88 Å². The second-order valence-electron chi connectivity index (χ2n) is 6.09. The molecular weight excluding hydrogens is 374 g/mol. The van der Waals surface area contributed by atoms with Gasteiger partial charge in [-0.1, -0.05) is 23.5 Å². The number of aromatic nitrogens is 1. The molecule has 0 spiro atoms. The average Bonchev–Trinajstić information content (AvgIpc) is 3.20. The zero-order valence-corrected chi connectivity index (χ0v) is 17.2. The first kappa shape index (κ1) is 19.8. The number of thiophene rings is 1. The smallest absolute Gasteiger partial charge is 0.270 e. The van der Waals surface area contributed by atoms with Crippen LogP contribution in [0.4, 0.5) is 5.13 Å². The van der Waals surface area contributed by atoms with E-state index in [1.165, 1.54) is 22.5 Å². The average molecular weight is 396 g/mol. The highest BCUT2D eigenvalue weighted by molar-refractivity contribution is 7.22. The summed E-state index contributed by atoms with van der Waals surface area (Å²) in [6.07, 6.45) is 0. The highest BCUT2D eigenvalue weighted by Gasteiger charge is 2.22. The molecule has 2 aromatic heterocycles. The molecule has 4 nitrogen and oxygen atoms in total. The lowest BCUT2D eigenvalue weighted by Gasteiger charge is -2.21. The molecule has 0 aliphatic carbocycles. The van der Waals surface area contributed by atoms with Gasteiger partial charge < -0.3 is 4.90 Å². The number of fused-ring (bicyclic) bond motifs is 1. The van der Waals surface area contributed by atoms with Crippen molar-refractivity contribution in [3.63, 3.8) is 0 Å². The van der Waals surface area contributed by atoms with Crippen molar-refractivity contribution >= 4 is 56.3 Å². The van der Waals surface area contributed by atoms with Crippen molar-refractivity contribution in [1.29, 1.82) is 0 Å². The fourth-order valence-corrected chi connectivity index (χ4v) is 4.17. The number of rotatable bonds is 5. The van der Waals surface area contributed by atoms with Gasteiger partial charge in [0.1, 0.15) is 0 Å². The second-order valence-corrected chi connectivity index (χ2v) is 8.04. The maximum absolute atomic E-state index is 12.9. The van der Waals surface area contributed by atoms with Crippen LogP contribution in [0, 0.1) is 13.8 Å². The van der Waals surface area contributed by atoms with Gasteiger partial charge in [-0.05, 0) is 56.6 Å². The van der Waals surface area contributed by atoms with Crippen molar-refractivity contribution in [3.05, 3.63) is 45.6 Å². The summed E-state index contributed by atoms with van der Waals surface area (Å²) in [7, 11) is 4.03. The van der Waals surface area contributed by atoms with Gasteiger partial charge in [-0.2, -0.15) is 0 Å². The monoisotopic (exact) mass is 395 g/mol. The Labute approximate surface area is 162 Å². The van der Waals surface area contributed by atoms with Gasteiger partial charge in [-0.3, -0.25) is 9.69 Å². The first-order valence-electron chi connectivity index (χ1n) is 7.84. The SMILES string of the molecule is Cc1ccc2sc(N(CCN(C)C)C(=O)c3cccs3)nc2c1C.Cl. The first-order chi connectivity index (χ1) is 11.5. The van der Waals surface area contributed by atoms with Crippen molar-refractivity contribution in [2.24, 2.45) is 0 Å². The third kappa shape index (κ3) is 4.20. The van der Waals surface area contributed by atoms with Crippen molar-refractivity contribution in [3.8, 4) is 0 Å². The van der Waals surface area contributed by atoms with E-state index >= 15 is 0 Å². The van der Waals surface area contributed by atoms with E-state index in [-0.39, 0.29) is 18.3 Å². The Kier molecular flexibility index (Phi) is 6.57. The summed E-state index contributed by atoms with van der Waals surface area (Å²) in [6.45, 7) is 5.60. The number of aryl methyl sites for hydroxylation is 2. The Morgan fingerprint density at radius 2 is 1.92 bits per heavy atom. The fraction of sp³-hybridized carbons (Fsp3) is 0.333. The van der Waals surface area contributed by atoms with Gasteiger partial charge in [-0.15, -0.1) is 23.7 Å². The van der Waals surface area contributed by atoms with Crippen LogP contribution in [-0.2, 0) is 0 Å². The Hall–Kier alpha value is -1.47.